The number of rotatable bonds is 8. The Bertz CT molecular complexity index is 1450. The minimum atomic E-state index is -1.09. The number of thiophene rings is 1. The van der Waals surface area contributed by atoms with Crippen LogP contribution >= 0.6 is 11.3 Å². The van der Waals surface area contributed by atoms with Gasteiger partial charge in [-0.3, -0.25) is 4.79 Å². The fraction of sp³-hybridized carbons (Fsp3) is 0.172. The Labute approximate surface area is 212 Å². The van der Waals surface area contributed by atoms with E-state index in [4.69, 9.17) is 14.6 Å². The van der Waals surface area contributed by atoms with Gasteiger partial charge >= 0.3 is 5.97 Å². The normalized spacial score (nSPS) is 12.8. The summed E-state index contributed by atoms with van der Waals surface area (Å²) < 4.78 is 12.3. The monoisotopic (exact) mass is 499 g/mol. The first-order chi connectivity index (χ1) is 17.5. The number of carboxylic acid groups (broad SMARTS) is 1. The first-order valence-corrected chi connectivity index (χ1v) is 12.5. The zero-order valence-corrected chi connectivity index (χ0v) is 20.6. The molecule has 2 N–H and O–H groups in total. The van der Waals surface area contributed by atoms with Crippen molar-refractivity contribution in [3.8, 4) is 21.9 Å². The van der Waals surface area contributed by atoms with Crippen molar-refractivity contribution in [3.63, 3.8) is 0 Å². The highest BCUT2D eigenvalue weighted by Gasteiger charge is 2.16. The molecule has 1 aromatic heterocycles. The van der Waals surface area contributed by atoms with Gasteiger partial charge in [0.15, 0.2) is 12.4 Å². The second-order valence-corrected chi connectivity index (χ2v) is 9.60. The first-order valence-electron chi connectivity index (χ1n) is 11.7. The molecule has 0 radical (unpaired) electrons. The van der Waals surface area contributed by atoms with Crippen molar-refractivity contribution in [2.24, 2.45) is 0 Å². The zero-order chi connectivity index (χ0) is 25.1. The summed E-state index contributed by atoms with van der Waals surface area (Å²) in [7, 11) is 1.57. The maximum absolute atomic E-state index is 13.0. The molecular formula is C29H25NO5S. The minimum Gasteiger partial charge on any atom is -0.496 e. The predicted molar refractivity (Wildman–Crippen MR) is 144 cm³/mol. The average molecular weight is 500 g/mol. The Hall–Kier alpha value is -4.10. The van der Waals surface area contributed by atoms with Crippen molar-refractivity contribution in [3.05, 3.63) is 83.4 Å². The van der Waals surface area contributed by atoms with E-state index in [0.29, 0.717) is 22.6 Å². The quantitative estimate of drug-likeness (QED) is 0.219. The van der Waals surface area contributed by atoms with E-state index in [1.165, 1.54) is 11.6 Å². The highest BCUT2D eigenvalue weighted by atomic mass is 32.1. The lowest BCUT2D eigenvalue weighted by Crippen LogP contribution is -2.12. The number of nitrogens with one attached hydrogen (secondary N) is 1. The number of aryl methyl sites for hydroxylation is 1. The van der Waals surface area contributed by atoms with Gasteiger partial charge in [-0.15, -0.1) is 11.3 Å². The fourth-order valence-electron chi connectivity index (χ4n) is 4.32. The number of carboxylic acids is 1. The second kappa shape index (κ2) is 10.3. The third-order valence-electron chi connectivity index (χ3n) is 6.12. The van der Waals surface area contributed by atoms with Crippen LogP contribution < -0.4 is 14.8 Å². The van der Waals surface area contributed by atoms with E-state index in [-0.39, 0.29) is 5.78 Å². The molecule has 4 aromatic rings. The zero-order valence-electron chi connectivity index (χ0n) is 19.7. The molecule has 0 spiro atoms. The standard InChI is InChI=1S/C29H25NO5S/c1-34-26-16-25(35-17-29(32)33)20(13-22(26)28-15-21-5-2-3-7-27(21)36-28)10-11-24(31)19-9-8-18-6-4-12-30-23(18)14-19/h2-3,5,7-11,13-16,30H,4,6,12,17H2,1H3,(H,32,33)/b11-10+. The number of fused-ring (bicyclic) bond motifs is 2. The van der Waals surface area contributed by atoms with E-state index in [0.717, 1.165) is 45.6 Å². The van der Waals surface area contributed by atoms with Gasteiger partial charge in [-0.2, -0.15) is 0 Å². The largest absolute Gasteiger partial charge is 0.496 e. The number of hydrogen-bond acceptors (Lipinski definition) is 6. The predicted octanol–water partition coefficient (Wildman–Crippen LogP) is 6.29. The lowest BCUT2D eigenvalue weighted by atomic mass is 9.99. The number of methoxy groups -OCH3 is 1. The van der Waals surface area contributed by atoms with Gasteiger partial charge in [0, 0.05) is 44.6 Å². The molecule has 5 rings (SSSR count). The van der Waals surface area contributed by atoms with Gasteiger partial charge in [0.25, 0.3) is 0 Å². The number of anilines is 1. The van der Waals surface area contributed by atoms with Gasteiger partial charge < -0.3 is 19.9 Å². The smallest absolute Gasteiger partial charge is 0.341 e. The van der Waals surface area contributed by atoms with Crippen LogP contribution in [-0.2, 0) is 11.2 Å². The van der Waals surface area contributed by atoms with Gasteiger partial charge in [-0.1, -0.05) is 30.3 Å². The third-order valence-corrected chi connectivity index (χ3v) is 7.27. The van der Waals surface area contributed by atoms with Crippen molar-refractivity contribution >= 4 is 44.9 Å². The molecular weight excluding hydrogens is 474 g/mol. The topological polar surface area (TPSA) is 84.9 Å². The maximum Gasteiger partial charge on any atom is 0.341 e. The van der Waals surface area contributed by atoms with E-state index >= 15 is 0 Å². The van der Waals surface area contributed by atoms with E-state index in [2.05, 4.69) is 23.5 Å². The van der Waals surface area contributed by atoms with Gasteiger partial charge in [-0.05, 0) is 60.2 Å². The molecule has 0 saturated heterocycles. The summed E-state index contributed by atoms with van der Waals surface area (Å²) in [5.74, 6) is -0.342. The van der Waals surface area contributed by atoms with Crippen molar-refractivity contribution in [1.82, 2.24) is 0 Å². The van der Waals surface area contributed by atoms with E-state index in [1.807, 2.05) is 36.4 Å². The number of ether oxygens (including phenoxy) is 2. The number of carbonyl (C=O) groups is 2. The van der Waals surface area contributed by atoms with Gasteiger partial charge in [0.05, 0.1) is 7.11 Å². The molecule has 3 aromatic carbocycles. The molecule has 0 atom stereocenters. The number of aliphatic carboxylic acids is 1. The van der Waals surface area contributed by atoms with E-state index < -0.39 is 12.6 Å². The Balaban J connectivity index is 1.52. The summed E-state index contributed by atoms with van der Waals surface area (Å²) in [5, 5.41) is 13.6. The molecule has 36 heavy (non-hydrogen) atoms. The van der Waals surface area contributed by atoms with Crippen molar-refractivity contribution in [1.29, 1.82) is 0 Å². The van der Waals surface area contributed by atoms with Crippen LogP contribution in [0, 0.1) is 0 Å². The summed E-state index contributed by atoms with van der Waals surface area (Å²) >= 11 is 1.63. The SMILES string of the molecule is COc1cc(OCC(=O)O)c(/C=C/C(=O)c2ccc3c(c2)NCCC3)cc1-c1cc2ccccc2s1. The van der Waals surface area contributed by atoms with Crippen LogP contribution in [-0.4, -0.2) is 37.1 Å². The molecule has 0 unspecified atom stereocenters. The maximum atomic E-state index is 13.0. The molecule has 1 aliphatic rings. The lowest BCUT2D eigenvalue weighted by molar-refractivity contribution is -0.139. The molecule has 0 saturated carbocycles. The molecule has 0 amide bonds. The Morgan fingerprint density at radius 2 is 1.94 bits per heavy atom. The number of allylic oxidation sites excluding steroid dienone is 1. The lowest BCUT2D eigenvalue weighted by Gasteiger charge is -2.18. The van der Waals surface area contributed by atoms with Crippen LogP contribution in [0.4, 0.5) is 5.69 Å². The van der Waals surface area contributed by atoms with Gasteiger partial charge in [0.1, 0.15) is 11.5 Å². The Morgan fingerprint density at radius 1 is 1.08 bits per heavy atom. The number of carbonyl (C=O) groups excluding carboxylic acids is 1. The van der Waals surface area contributed by atoms with Crippen LogP contribution in [0.1, 0.15) is 27.9 Å². The molecule has 6 nitrogen and oxygen atoms in total. The van der Waals surface area contributed by atoms with Crippen LogP contribution in [0.2, 0.25) is 0 Å². The number of benzene rings is 3. The highest BCUT2D eigenvalue weighted by molar-refractivity contribution is 7.22. The second-order valence-electron chi connectivity index (χ2n) is 8.52. The first kappa shape index (κ1) is 23.6. The Morgan fingerprint density at radius 3 is 2.75 bits per heavy atom. The molecule has 0 fully saturated rings. The summed E-state index contributed by atoms with van der Waals surface area (Å²) in [6.45, 7) is 0.397. The fourth-order valence-corrected chi connectivity index (χ4v) is 5.41. The van der Waals surface area contributed by atoms with Crippen molar-refractivity contribution < 1.29 is 24.2 Å². The molecule has 7 heteroatoms. The van der Waals surface area contributed by atoms with Crippen LogP contribution in [0.3, 0.4) is 0 Å². The summed E-state index contributed by atoms with van der Waals surface area (Å²) in [6, 6.07) is 19.5. The number of ketones is 1. The van der Waals surface area contributed by atoms with Crippen LogP contribution in [0.25, 0.3) is 26.6 Å². The summed E-state index contributed by atoms with van der Waals surface area (Å²) in [6.07, 6.45) is 5.25. The molecule has 182 valence electrons. The molecule has 0 aliphatic carbocycles. The third kappa shape index (κ3) is 4.97. The van der Waals surface area contributed by atoms with Gasteiger partial charge in [-0.25, -0.2) is 4.79 Å². The van der Waals surface area contributed by atoms with Crippen molar-refractivity contribution in [2.45, 2.75) is 12.8 Å². The van der Waals surface area contributed by atoms with Gasteiger partial charge in [0.2, 0.25) is 0 Å². The highest BCUT2D eigenvalue weighted by Crippen LogP contribution is 2.42. The number of hydrogen-bond donors (Lipinski definition) is 2. The van der Waals surface area contributed by atoms with Crippen LogP contribution in [0.5, 0.6) is 11.5 Å². The average Bonchev–Trinajstić information content (AvgIpc) is 3.34. The Kier molecular flexibility index (Phi) is 6.73. The van der Waals surface area contributed by atoms with Crippen molar-refractivity contribution in [2.75, 3.05) is 25.6 Å². The molecule has 2 heterocycles. The van der Waals surface area contributed by atoms with Crippen LogP contribution in [0.15, 0.2) is 66.7 Å². The minimum absolute atomic E-state index is 0.145. The van der Waals surface area contributed by atoms with E-state index in [9.17, 15) is 9.59 Å². The van der Waals surface area contributed by atoms with E-state index in [1.54, 1.807) is 30.6 Å². The molecule has 0 bridgehead atoms. The summed E-state index contributed by atoms with van der Waals surface area (Å²) in [4.78, 5) is 25.2. The summed E-state index contributed by atoms with van der Waals surface area (Å²) in [5.41, 5.74) is 4.24. The molecule has 1 aliphatic heterocycles.